The fourth-order valence-corrected chi connectivity index (χ4v) is 3.49. The number of likely N-dealkylation sites (tertiary alicyclic amines) is 1. The summed E-state index contributed by atoms with van der Waals surface area (Å²) in [5.74, 6) is 0.220. The topological polar surface area (TPSA) is 37.4 Å². The number of ketones is 1. The van der Waals surface area contributed by atoms with Crippen LogP contribution >= 0.6 is 0 Å². The van der Waals surface area contributed by atoms with E-state index in [2.05, 4.69) is 13.0 Å². The molecule has 1 amide bonds. The number of hydrogen-bond donors (Lipinski definition) is 0. The summed E-state index contributed by atoms with van der Waals surface area (Å²) in [4.78, 5) is 26.8. The minimum Gasteiger partial charge on any atom is -0.343 e. The molecule has 1 aliphatic carbocycles. The van der Waals surface area contributed by atoms with Gasteiger partial charge in [0.25, 0.3) is 0 Å². The van der Waals surface area contributed by atoms with E-state index in [4.69, 9.17) is 0 Å². The molecule has 3 rings (SSSR count). The third kappa shape index (κ3) is 2.74. The Hall–Kier alpha value is -1.64. The standard InChI is InChI=1S/C18H23NO2/c1-12-9-14-5-6-15(18(21)16(14)10-13(12)2)11-17(20)19-7-3-4-8-19/h9-10,15H,3-8,11H2,1-2H3. The number of nitrogens with zero attached hydrogens (tertiary/aromatic N) is 1. The summed E-state index contributed by atoms with van der Waals surface area (Å²) in [5, 5.41) is 0. The van der Waals surface area contributed by atoms with Crippen molar-refractivity contribution in [2.75, 3.05) is 13.1 Å². The summed E-state index contributed by atoms with van der Waals surface area (Å²) >= 11 is 0. The van der Waals surface area contributed by atoms with Crippen molar-refractivity contribution >= 4 is 11.7 Å². The number of amides is 1. The Kier molecular flexibility index (Phi) is 3.83. The van der Waals surface area contributed by atoms with Gasteiger partial charge in [0, 0.05) is 31.0 Å². The maximum atomic E-state index is 12.7. The van der Waals surface area contributed by atoms with Crippen LogP contribution in [0.3, 0.4) is 0 Å². The lowest BCUT2D eigenvalue weighted by molar-refractivity contribution is -0.130. The number of aryl methyl sites for hydroxylation is 3. The van der Waals surface area contributed by atoms with Gasteiger partial charge in [-0.15, -0.1) is 0 Å². The number of rotatable bonds is 2. The van der Waals surface area contributed by atoms with Gasteiger partial charge in [0.1, 0.15) is 0 Å². The van der Waals surface area contributed by atoms with Gasteiger partial charge in [0.2, 0.25) is 5.91 Å². The molecule has 0 N–H and O–H groups in total. The summed E-state index contributed by atoms with van der Waals surface area (Å²) in [6, 6.07) is 4.15. The van der Waals surface area contributed by atoms with Crippen LogP contribution in [0.2, 0.25) is 0 Å². The lowest BCUT2D eigenvalue weighted by Crippen LogP contribution is -2.33. The highest BCUT2D eigenvalue weighted by atomic mass is 16.2. The van der Waals surface area contributed by atoms with Crippen molar-refractivity contribution in [3.05, 3.63) is 34.4 Å². The molecule has 1 aromatic carbocycles. The van der Waals surface area contributed by atoms with Crippen LogP contribution in [0, 0.1) is 19.8 Å². The summed E-state index contributed by atoms with van der Waals surface area (Å²) in [6.45, 7) is 5.87. The van der Waals surface area contributed by atoms with Gasteiger partial charge in [-0.2, -0.15) is 0 Å². The highest BCUT2D eigenvalue weighted by Gasteiger charge is 2.31. The fourth-order valence-electron chi connectivity index (χ4n) is 3.49. The molecule has 1 aromatic rings. The Morgan fingerprint density at radius 2 is 1.86 bits per heavy atom. The Bertz CT molecular complexity index is 585. The monoisotopic (exact) mass is 285 g/mol. The van der Waals surface area contributed by atoms with Gasteiger partial charge in [-0.1, -0.05) is 6.07 Å². The molecule has 2 aliphatic rings. The minimum absolute atomic E-state index is 0.118. The second-order valence-corrected chi connectivity index (χ2v) is 6.49. The summed E-state index contributed by atoms with van der Waals surface area (Å²) in [5.41, 5.74) is 4.42. The largest absolute Gasteiger partial charge is 0.343 e. The van der Waals surface area contributed by atoms with E-state index >= 15 is 0 Å². The van der Waals surface area contributed by atoms with Crippen LogP contribution < -0.4 is 0 Å². The number of hydrogen-bond acceptors (Lipinski definition) is 2. The van der Waals surface area contributed by atoms with Gasteiger partial charge >= 0.3 is 0 Å². The Balaban J connectivity index is 1.76. The number of benzene rings is 1. The van der Waals surface area contributed by atoms with Gasteiger partial charge < -0.3 is 4.90 Å². The first-order valence-electron chi connectivity index (χ1n) is 7.98. The molecule has 0 spiro atoms. The van der Waals surface area contributed by atoms with Crippen LogP contribution in [0.25, 0.3) is 0 Å². The van der Waals surface area contributed by atoms with E-state index in [-0.39, 0.29) is 17.6 Å². The molecule has 112 valence electrons. The normalized spacial score (nSPS) is 21.5. The van der Waals surface area contributed by atoms with Crippen molar-refractivity contribution < 1.29 is 9.59 Å². The lowest BCUT2D eigenvalue weighted by atomic mass is 9.79. The molecule has 3 nitrogen and oxygen atoms in total. The van der Waals surface area contributed by atoms with Crippen molar-refractivity contribution in [3.63, 3.8) is 0 Å². The van der Waals surface area contributed by atoms with Crippen molar-refractivity contribution in [1.29, 1.82) is 0 Å². The van der Waals surface area contributed by atoms with Crippen molar-refractivity contribution in [2.45, 2.75) is 46.0 Å². The molecule has 3 heteroatoms. The van der Waals surface area contributed by atoms with Crippen molar-refractivity contribution in [3.8, 4) is 0 Å². The van der Waals surface area contributed by atoms with Gasteiger partial charge in [-0.25, -0.2) is 0 Å². The first-order chi connectivity index (χ1) is 10.1. The minimum atomic E-state index is -0.118. The fraction of sp³-hybridized carbons (Fsp3) is 0.556. The molecule has 1 heterocycles. The molecule has 0 saturated carbocycles. The number of fused-ring (bicyclic) bond motifs is 1. The zero-order chi connectivity index (χ0) is 15.0. The first-order valence-corrected chi connectivity index (χ1v) is 7.98. The van der Waals surface area contributed by atoms with E-state index in [9.17, 15) is 9.59 Å². The zero-order valence-corrected chi connectivity index (χ0v) is 12.9. The number of carbonyl (C=O) groups is 2. The van der Waals surface area contributed by atoms with Gasteiger partial charge in [-0.3, -0.25) is 9.59 Å². The van der Waals surface area contributed by atoms with E-state index in [1.165, 1.54) is 5.56 Å². The van der Waals surface area contributed by atoms with E-state index in [0.29, 0.717) is 6.42 Å². The maximum absolute atomic E-state index is 12.7. The Morgan fingerprint density at radius 1 is 1.19 bits per heavy atom. The molecule has 1 saturated heterocycles. The molecule has 1 aliphatic heterocycles. The molecule has 0 aromatic heterocycles. The molecular formula is C18H23NO2. The van der Waals surface area contributed by atoms with E-state index in [1.807, 2.05) is 17.9 Å². The van der Waals surface area contributed by atoms with Gasteiger partial charge in [0.15, 0.2) is 5.78 Å². The molecule has 1 fully saturated rings. The van der Waals surface area contributed by atoms with E-state index in [1.54, 1.807) is 0 Å². The van der Waals surface area contributed by atoms with Crippen LogP contribution in [0.5, 0.6) is 0 Å². The predicted molar refractivity (Wildman–Crippen MR) is 82.5 cm³/mol. The van der Waals surface area contributed by atoms with Crippen molar-refractivity contribution in [1.82, 2.24) is 4.90 Å². The molecule has 1 atom stereocenters. The second-order valence-electron chi connectivity index (χ2n) is 6.49. The van der Waals surface area contributed by atoms with Crippen molar-refractivity contribution in [2.24, 2.45) is 5.92 Å². The summed E-state index contributed by atoms with van der Waals surface area (Å²) in [7, 11) is 0. The van der Waals surface area contributed by atoms with Gasteiger partial charge in [-0.05, 0) is 62.3 Å². The highest BCUT2D eigenvalue weighted by molar-refractivity contribution is 6.02. The summed E-state index contributed by atoms with van der Waals surface area (Å²) < 4.78 is 0. The molecule has 0 radical (unpaired) electrons. The quantitative estimate of drug-likeness (QED) is 0.837. The molecule has 1 unspecified atom stereocenters. The smallest absolute Gasteiger partial charge is 0.223 e. The van der Waals surface area contributed by atoms with Crippen LogP contribution in [0.4, 0.5) is 0 Å². The molecular weight excluding hydrogens is 262 g/mol. The summed E-state index contributed by atoms with van der Waals surface area (Å²) in [6.07, 6.45) is 4.33. The van der Waals surface area contributed by atoms with Gasteiger partial charge in [0.05, 0.1) is 0 Å². The maximum Gasteiger partial charge on any atom is 0.223 e. The average molecular weight is 285 g/mol. The average Bonchev–Trinajstić information content (AvgIpc) is 2.98. The zero-order valence-electron chi connectivity index (χ0n) is 12.9. The second kappa shape index (κ2) is 5.63. The highest BCUT2D eigenvalue weighted by Crippen LogP contribution is 2.30. The van der Waals surface area contributed by atoms with Crippen LogP contribution in [0.15, 0.2) is 12.1 Å². The third-order valence-corrected chi connectivity index (χ3v) is 5.00. The third-order valence-electron chi connectivity index (χ3n) is 5.00. The first kappa shape index (κ1) is 14.3. The van der Waals surface area contributed by atoms with E-state index in [0.717, 1.165) is 55.5 Å². The SMILES string of the molecule is Cc1cc2c(cc1C)C(=O)C(CC(=O)N1CCCC1)CC2. The lowest BCUT2D eigenvalue weighted by Gasteiger charge is -2.25. The molecule has 0 bridgehead atoms. The molecule has 21 heavy (non-hydrogen) atoms. The Morgan fingerprint density at radius 3 is 2.57 bits per heavy atom. The van der Waals surface area contributed by atoms with Crippen LogP contribution in [-0.2, 0) is 11.2 Å². The number of Topliss-reactive ketones (excluding diaryl/α,β-unsaturated/α-hetero) is 1. The predicted octanol–water partition coefficient (Wildman–Crippen LogP) is 3.06. The van der Waals surface area contributed by atoms with E-state index < -0.39 is 0 Å². The van der Waals surface area contributed by atoms with Crippen LogP contribution in [-0.4, -0.2) is 29.7 Å². The Labute approximate surface area is 126 Å². The number of carbonyl (C=O) groups excluding carboxylic acids is 2. The van der Waals surface area contributed by atoms with Crippen LogP contribution in [0.1, 0.15) is 52.7 Å².